The molecule has 1 N–H and O–H groups in total. The van der Waals surface area contributed by atoms with Gasteiger partial charge in [-0.25, -0.2) is 18.0 Å². The fourth-order valence-electron chi connectivity index (χ4n) is 6.29. The smallest absolute Gasteiger partial charge is 0.352 e. The number of alkyl halides is 2. The first-order valence-electron chi connectivity index (χ1n) is 14.5. The number of benzene rings is 3. The van der Waals surface area contributed by atoms with Crippen LogP contribution in [0.5, 0.6) is 5.75 Å². The van der Waals surface area contributed by atoms with Crippen LogP contribution in [-0.2, 0) is 37.8 Å². The summed E-state index contributed by atoms with van der Waals surface area (Å²) < 4.78 is 58.3. The lowest BCUT2D eigenvalue weighted by molar-refractivity contribution is -0.0890. The number of aromatic carboxylic acids is 1. The molecule has 0 bridgehead atoms. The topological polar surface area (TPSA) is 78.5 Å². The minimum Gasteiger partial charge on any atom is -0.493 e. The average molecular weight is 626 g/mol. The number of aromatic nitrogens is 3. The zero-order valence-electron chi connectivity index (χ0n) is 24.3. The Kier molecular flexibility index (Phi) is 8.06. The molecule has 230 valence electrons. The van der Waals surface area contributed by atoms with Crippen LogP contribution in [0.3, 0.4) is 0 Å². The number of nitrogens with zero attached hydrogens (tertiary/aromatic N) is 3. The minimum absolute atomic E-state index is 0.0522. The Morgan fingerprint density at radius 3 is 2.73 bits per heavy atom. The van der Waals surface area contributed by atoms with Crippen molar-refractivity contribution >= 4 is 39.2 Å². The van der Waals surface area contributed by atoms with Crippen LogP contribution in [0.1, 0.15) is 47.2 Å². The first-order chi connectivity index (χ1) is 21.1. The van der Waals surface area contributed by atoms with Crippen molar-refractivity contribution in [2.24, 2.45) is 7.05 Å². The molecule has 3 aromatic carbocycles. The molecule has 0 fully saturated rings. The van der Waals surface area contributed by atoms with E-state index in [1.54, 1.807) is 48.1 Å². The molecular formula is C33H31ClF3N3O4. The van der Waals surface area contributed by atoms with Gasteiger partial charge >= 0.3 is 5.97 Å². The molecule has 3 heterocycles. The molecule has 44 heavy (non-hydrogen) atoms. The van der Waals surface area contributed by atoms with Crippen LogP contribution >= 0.6 is 11.6 Å². The van der Waals surface area contributed by atoms with Crippen molar-refractivity contribution in [1.29, 1.82) is 0 Å². The van der Waals surface area contributed by atoms with Gasteiger partial charge < -0.3 is 19.1 Å². The summed E-state index contributed by atoms with van der Waals surface area (Å²) >= 11 is 6.85. The van der Waals surface area contributed by atoms with E-state index in [1.807, 2.05) is 6.92 Å². The summed E-state index contributed by atoms with van der Waals surface area (Å²) in [4.78, 5) is 12.8. The Morgan fingerprint density at radius 2 is 1.95 bits per heavy atom. The number of aryl methyl sites for hydroxylation is 3. The van der Waals surface area contributed by atoms with E-state index in [9.17, 15) is 23.1 Å². The Hall–Kier alpha value is -4.02. The number of hydrogen-bond acceptors (Lipinski definition) is 4. The largest absolute Gasteiger partial charge is 0.493 e. The molecule has 0 aliphatic carbocycles. The Labute approximate surface area is 256 Å². The predicted molar refractivity (Wildman–Crippen MR) is 162 cm³/mol. The maximum Gasteiger partial charge on any atom is 0.352 e. The van der Waals surface area contributed by atoms with Gasteiger partial charge in [-0.15, -0.1) is 0 Å². The summed E-state index contributed by atoms with van der Waals surface area (Å²) in [5, 5.41) is 17.5. The van der Waals surface area contributed by atoms with Gasteiger partial charge in [0.1, 0.15) is 23.9 Å². The third-order valence-electron chi connectivity index (χ3n) is 8.19. The quantitative estimate of drug-likeness (QED) is 0.187. The highest BCUT2D eigenvalue weighted by Gasteiger charge is 2.34. The molecule has 0 radical (unpaired) electrons. The van der Waals surface area contributed by atoms with Crippen molar-refractivity contribution in [3.05, 3.63) is 82.0 Å². The summed E-state index contributed by atoms with van der Waals surface area (Å²) in [7, 11) is 1.78. The van der Waals surface area contributed by atoms with E-state index in [0.29, 0.717) is 68.7 Å². The van der Waals surface area contributed by atoms with Crippen molar-refractivity contribution in [2.75, 3.05) is 13.2 Å². The minimum atomic E-state index is -3.19. The molecule has 0 unspecified atom stereocenters. The van der Waals surface area contributed by atoms with Crippen molar-refractivity contribution in [3.8, 4) is 16.9 Å². The molecule has 1 aliphatic rings. The standard InChI is InChI=1S/C33H31ClF3N3O4/c1-3-26-29-25(38-39(26)2)17-43-18-33(36,37)13-14-40-30-23(11-12-24(34)28(29)30)22(31(40)32(41)42)7-5-15-44-27-8-4-6-19-16-20(35)9-10-21(19)27/h4,6,8-12,16H,3,5,7,13-15,17-18H2,1-2H3,(H,41,42). The Balaban J connectivity index is 1.45. The highest BCUT2D eigenvalue weighted by molar-refractivity contribution is 6.35. The number of ether oxygens (including phenoxy) is 2. The van der Waals surface area contributed by atoms with Crippen LogP contribution in [0.25, 0.3) is 32.8 Å². The fraction of sp³-hybridized carbons (Fsp3) is 0.333. The average Bonchev–Trinajstić information content (AvgIpc) is 3.46. The normalized spacial score (nSPS) is 14.9. The molecule has 0 amide bonds. The lowest BCUT2D eigenvalue weighted by atomic mass is 9.97. The van der Waals surface area contributed by atoms with Crippen molar-refractivity contribution < 1.29 is 32.5 Å². The van der Waals surface area contributed by atoms with E-state index in [-0.39, 0.29) is 31.3 Å². The van der Waals surface area contributed by atoms with Crippen LogP contribution in [0.15, 0.2) is 48.5 Å². The molecular weight excluding hydrogens is 595 g/mol. The molecule has 2 aromatic heterocycles. The highest BCUT2D eigenvalue weighted by atomic mass is 35.5. The summed E-state index contributed by atoms with van der Waals surface area (Å²) in [6.45, 7) is 1.02. The van der Waals surface area contributed by atoms with E-state index in [4.69, 9.17) is 21.1 Å². The molecule has 0 atom stereocenters. The van der Waals surface area contributed by atoms with Gasteiger partial charge in [0.05, 0.1) is 29.4 Å². The van der Waals surface area contributed by atoms with Gasteiger partial charge in [-0.1, -0.05) is 36.7 Å². The molecule has 0 saturated heterocycles. The van der Waals surface area contributed by atoms with Crippen LogP contribution in [-0.4, -0.2) is 44.6 Å². The van der Waals surface area contributed by atoms with Crippen molar-refractivity contribution in [1.82, 2.24) is 14.3 Å². The van der Waals surface area contributed by atoms with E-state index >= 15 is 0 Å². The van der Waals surface area contributed by atoms with Gasteiger partial charge in [0.25, 0.3) is 5.92 Å². The van der Waals surface area contributed by atoms with Crippen LogP contribution in [0.2, 0.25) is 5.02 Å². The van der Waals surface area contributed by atoms with Crippen LogP contribution in [0.4, 0.5) is 13.2 Å². The van der Waals surface area contributed by atoms with Gasteiger partial charge in [-0.2, -0.15) is 5.10 Å². The molecule has 7 nitrogen and oxygen atoms in total. The lowest BCUT2D eigenvalue weighted by Crippen LogP contribution is -2.26. The van der Waals surface area contributed by atoms with Gasteiger partial charge in [0.15, 0.2) is 0 Å². The Bertz CT molecular complexity index is 1900. The van der Waals surface area contributed by atoms with E-state index in [1.165, 1.54) is 16.7 Å². The van der Waals surface area contributed by atoms with Crippen LogP contribution in [0, 0.1) is 5.82 Å². The Morgan fingerprint density at radius 1 is 1.16 bits per heavy atom. The predicted octanol–water partition coefficient (Wildman–Crippen LogP) is 7.82. The fourth-order valence-corrected chi connectivity index (χ4v) is 6.54. The summed E-state index contributed by atoms with van der Waals surface area (Å²) in [5.41, 5.74) is 3.49. The van der Waals surface area contributed by atoms with Crippen molar-refractivity contribution in [2.45, 2.75) is 51.7 Å². The van der Waals surface area contributed by atoms with E-state index in [2.05, 4.69) is 5.10 Å². The second-order valence-corrected chi connectivity index (χ2v) is 11.4. The molecule has 6 rings (SSSR count). The zero-order valence-corrected chi connectivity index (χ0v) is 25.1. The van der Waals surface area contributed by atoms with Gasteiger partial charge in [-0.3, -0.25) is 4.68 Å². The van der Waals surface area contributed by atoms with E-state index in [0.717, 1.165) is 11.1 Å². The summed E-state index contributed by atoms with van der Waals surface area (Å²) in [6.07, 6.45) is 0.724. The zero-order chi connectivity index (χ0) is 31.2. The first-order valence-corrected chi connectivity index (χ1v) is 14.9. The number of hydrogen-bond donors (Lipinski definition) is 1. The SMILES string of the molecule is CCc1c2c(nn1C)COCC(F)(F)CCn1c(C(=O)O)c(CCCOc3cccc4cc(F)ccc34)c3ccc(Cl)c-2c31. The number of halogens is 4. The van der Waals surface area contributed by atoms with Gasteiger partial charge in [0, 0.05) is 47.6 Å². The summed E-state index contributed by atoms with van der Waals surface area (Å²) in [6, 6.07) is 13.3. The highest BCUT2D eigenvalue weighted by Crippen LogP contribution is 2.43. The maximum atomic E-state index is 15.0. The second-order valence-electron chi connectivity index (χ2n) is 11.0. The van der Waals surface area contributed by atoms with Crippen molar-refractivity contribution in [3.63, 3.8) is 0 Å². The number of carboxylic acid groups (broad SMARTS) is 1. The number of rotatable bonds is 7. The maximum absolute atomic E-state index is 15.0. The van der Waals surface area contributed by atoms with Gasteiger partial charge in [0.2, 0.25) is 0 Å². The molecule has 5 aromatic rings. The number of carboxylic acids is 1. The lowest BCUT2D eigenvalue weighted by Gasteiger charge is -2.18. The van der Waals surface area contributed by atoms with Gasteiger partial charge in [-0.05, 0) is 60.5 Å². The molecule has 11 heteroatoms. The number of fused-ring (bicyclic) bond motifs is 3. The van der Waals surface area contributed by atoms with E-state index < -0.39 is 24.9 Å². The third kappa shape index (κ3) is 5.41. The van der Waals surface area contributed by atoms with Crippen LogP contribution < -0.4 is 4.74 Å². The first kappa shape index (κ1) is 30.0. The molecule has 1 aliphatic heterocycles. The molecule has 0 spiro atoms. The second kappa shape index (κ2) is 11.8. The monoisotopic (exact) mass is 625 g/mol. The third-order valence-corrected chi connectivity index (χ3v) is 8.50. The summed E-state index contributed by atoms with van der Waals surface area (Å²) in [5.74, 6) is -4.15. The molecule has 0 saturated carbocycles. The number of carbonyl (C=O) groups is 1.